The van der Waals surface area contributed by atoms with Gasteiger partial charge in [0.2, 0.25) is 0 Å². The van der Waals surface area contributed by atoms with E-state index in [2.05, 4.69) is 9.44 Å². The molecular formula is C17H13F3N2O4S3. The zero-order chi connectivity index (χ0) is 21.3. The third-order valence-electron chi connectivity index (χ3n) is 3.62. The van der Waals surface area contributed by atoms with E-state index in [0.29, 0.717) is 6.07 Å². The normalized spacial score (nSPS) is 12.5. The van der Waals surface area contributed by atoms with E-state index >= 15 is 0 Å². The summed E-state index contributed by atoms with van der Waals surface area (Å²) in [5, 5.41) is 1.60. The molecule has 29 heavy (non-hydrogen) atoms. The Morgan fingerprint density at radius 3 is 2.00 bits per heavy atom. The van der Waals surface area contributed by atoms with Crippen LogP contribution in [-0.4, -0.2) is 16.8 Å². The number of anilines is 2. The second-order valence-electron chi connectivity index (χ2n) is 5.75. The summed E-state index contributed by atoms with van der Waals surface area (Å²) in [5.41, 5.74) is -1.10. The SMILES string of the molecule is O=S(=O)(Nc1cccc(C(F)(F)F)c1)c1ccc(NS(=O)(=O)c2cccs2)cc1. The molecule has 3 aromatic rings. The lowest BCUT2D eigenvalue weighted by atomic mass is 10.2. The number of benzene rings is 2. The number of rotatable bonds is 6. The lowest BCUT2D eigenvalue weighted by molar-refractivity contribution is -0.137. The molecule has 0 unspecified atom stereocenters. The first-order valence-corrected chi connectivity index (χ1v) is 11.7. The molecule has 0 spiro atoms. The highest BCUT2D eigenvalue weighted by Crippen LogP contribution is 2.31. The fraction of sp³-hybridized carbons (Fsp3) is 0.0588. The smallest absolute Gasteiger partial charge is 0.280 e. The molecule has 3 rings (SSSR count). The highest BCUT2D eigenvalue weighted by atomic mass is 32.2. The maximum atomic E-state index is 12.8. The molecule has 12 heteroatoms. The zero-order valence-corrected chi connectivity index (χ0v) is 16.8. The Morgan fingerprint density at radius 1 is 0.759 bits per heavy atom. The number of alkyl halides is 3. The summed E-state index contributed by atoms with van der Waals surface area (Å²) in [6.45, 7) is 0. The number of nitrogens with one attached hydrogen (secondary N) is 2. The first-order valence-electron chi connectivity index (χ1n) is 7.84. The summed E-state index contributed by atoms with van der Waals surface area (Å²) in [4.78, 5) is -0.242. The Hall–Kier alpha value is -2.57. The molecule has 0 bridgehead atoms. The van der Waals surface area contributed by atoms with Gasteiger partial charge in [-0.15, -0.1) is 11.3 Å². The van der Waals surface area contributed by atoms with Crippen LogP contribution in [0.2, 0.25) is 0 Å². The predicted octanol–water partition coefficient (Wildman–Crippen LogP) is 4.37. The predicted molar refractivity (Wildman–Crippen MR) is 104 cm³/mol. The van der Waals surface area contributed by atoms with Crippen molar-refractivity contribution in [2.45, 2.75) is 15.3 Å². The lowest BCUT2D eigenvalue weighted by Gasteiger charge is -2.12. The second kappa shape index (κ2) is 7.69. The van der Waals surface area contributed by atoms with Gasteiger partial charge in [0.15, 0.2) is 0 Å². The molecule has 0 amide bonds. The van der Waals surface area contributed by atoms with Crippen molar-refractivity contribution in [3.05, 3.63) is 71.6 Å². The fourth-order valence-corrected chi connectivity index (χ4v) is 5.40. The van der Waals surface area contributed by atoms with Crippen LogP contribution < -0.4 is 9.44 Å². The number of halogens is 3. The van der Waals surface area contributed by atoms with Crippen LogP contribution >= 0.6 is 11.3 Å². The van der Waals surface area contributed by atoms with Gasteiger partial charge in [-0.05, 0) is 53.9 Å². The standard InChI is InChI=1S/C17H13F3N2O4S3/c18-17(19,20)12-3-1-4-14(11-12)22-28(23,24)15-8-6-13(7-9-15)21-29(25,26)16-5-2-10-27-16/h1-11,21-22H. The van der Waals surface area contributed by atoms with Gasteiger partial charge >= 0.3 is 6.18 Å². The van der Waals surface area contributed by atoms with Crippen LogP contribution in [0.3, 0.4) is 0 Å². The van der Waals surface area contributed by atoms with Crippen molar-refractivity contribution < 1.29 is 30.0 Å². The summed E-state index contributed by atoms with van der Waals surface area (Å²) in [6.07, 6.45) is -4.61. The lowest BCUT2D eigenvalue weighted by Crippen LogP contribution is -2.15. The third kappa shape index (κ3) is 5.08. The van der Waals surface area contributed by atoms with Crippen molar-refractivity contribution in [1.29, 1.82) is 0 Å². The Balaban J connectivity index is 1.79. The maximum absolute atomic E-state index is 12.8. The molecular weight excluding hydrogens is 449 g/mol. The Bertz CT molecular complexity index is 1210. The highest BCUT2D eigenvalue weighted by molar-refractivity contribution is 7.94. The first kappa shape index (κ1) is 21.1. The van der Waals surface area contributed by atoms with E-state index in [4.69, 9.17) is 0 Å². The average molecular weight is 462 g/mol. The van der Waals surface area contributed by atoms with E-state index < -0.39 is 31.8 Å². The molecule has 0 aliphatic carbocycles. The van der Waals surface area contributed by atoms with Crippen molar-refractivity contribution in [3.63, 3.8) is 0 Å². The molecule has 154 valence electrons. The summed E-state index contributed by atoms with van der Waals surface area (Å²) in [6, 6.07) is 11.5. The molecule has 0 saturated heterocycles. The van der Waals surface area contributed by atoms with Crippen molar-refractivity contribution in [2.75, 3.05) is 9.44 Å². The van der Waals surface area contributed by atoms with Gasteiger partial charge in [0.1, 0.15) is 4.21 Å². The average Bonchev–Trinajstić information content (AvgIpc) is 3.17. The topological polar surface area (TPSA) is 92.3 Å². The van der Waals surface area contributed by atoms with Gasteiger partial charge in [-0.25, -0.2) is 16.8 Å². The van der Waals surface area contributed by atoms with Crippen molar-refractivity contribution >= 4 is 42.8 Å². The molecule has 6 nitrogen and oxygen atoms in total. The minimum Gasteiger partial charge on any atom is -0.280 e. The Morgan fingerprint density at radius 2 is 1.41 bits per heavy atom. The quantitative estimate of drug-likeness (QED) is 0.569. The van der Waals surface area contributed by atoms with E-state index in [1.54, 1.807) is 11.4 Å². The molecule has 2 aromatic carbocycles. The van der Waals surface area contributed by atoms with E-state index in [9.17, 15) is 30.0 Å². The Kier molecular flexibility index (Phi) is 5.61. The second-order valence-corrected chi connectivity index (χ2v) is 10.3. The summed E-state index contributed by atoms with van der Waals surface area (Å²) >= 11 is 1.02. The van der Waals surface area contributed by atoms with Crippen molar-refractivity contribution in [2.24, 2.45) is 0 Å². The van der Waals surface area contributed by atoms with Gasteiger partial charge in [-0.2, -0.15) is 13.2 Å². The van der Waals surface area contributed by atoms with Crippen molar-refractivity contribution in [1.82, 2.24) is 0 Å². The first-order chi connectivity index (χ1) is 13.5. The number of hydrogen-bond acceptors (Lipinski definition) is 5. The molecule has 0 atom stereocenters. The zero-order valence-electron chi connectivity index (χ0n) is 14.3. The molecule has 1 aromatic heterocycles. The Labute approximate surface area is 169 Å². The number of thiophene rings is 1. The fourth-order valence-electron chi connectivity index (χ4n) is 2.30. The van der Waals surface area contributed by atoms with Gasteiger partial charge in [0, 0.05) is 11.4 Å². The molecule has 0 aliphatic rings. The minimum atomic E-state index is -4.61. The van der Waals surface area contributed by atoms with E-state index in [0.717, 1.165) is 35.6 Å². The molecule has 0 saturated carbocycles. The van der Waals surface area contributed by atoms with Gasteiger partial charge in [-0.3, -0.25) is 9.44 Å². The highest BCUT2D eigenvalue weighted by Gasteiger charge is 2.30. The van der Waals surface area contributed by atoms with Gasteiger partial charge < -0.3 is 0 Å². The monoisotopic (exact) mass is 462 g/mol. The van der Waals surface area contributed by atoms with Crippen LogP contribution in [-0.2, 0) is 26.2 Å². The largest absolute Gasteiger partial charge is 0.416 e. The summed E-state index contributed by atoms with van der Waals surface area (Å²) in [7, 11) is -7.96. The van der Waals surface area contributed by atoms with E-state index in [1.165, 1.54) is 24.3 Å². The van der Waals surface area contributed by atoms with Crippen LogP contribution in [0.25, 0.3) is 0 Å². The van der Waals surface area contributed by atoms with Crippen LogP contribution in [0.4, 0.5) is 24.5 Å². The van der Waals surface area contributed by atoms with E-state index in [1.807, 2.05) is 0 Å². The maximum Gasteiger partial charge on any atom is 0.416 e. The number of sulfonamides is 2. The van der Waals surface area contributed by atoms with Crippen LogP contribution in [0.5, 0.6) is 0 Å². The van der Waals surface area contributed by atoms with Gasteiger partial charge in [0.05, 0.1) is 10.5 Å². The van der Waals surface area contributed by atoms with Gasteiger partial charge in [0.25, 0.3) is 20.0 Å². The molecule has 0 radical (unpaired) electrons. The number of hydrogen-bond donors (Lipinski definition) is 2. The van der Waals surface area contributed by atoms with Crippen LogP contribution in [0.15, 0.2) is 75.1 Å². The van der Waals surface area contributed by atoms with Gasteiger partial charge in [-0.1, -0.05) is 12.1 Å². The summed E-state index contributed by atoms with van der Waals surface area (Å²) < 4.78 is 92.0. The molecule has 2 N–H and O–H groups in total. The molecule has 0 aliphatic heterocycles. The molecule has 1 heterocycles. The third-order valence-corrected chi connectivity index (χ3v) is 7.79. The summed E-state index contributed by atoms with van der Waals surface area (Å²) in [5.74, 6) is 0. The minimum absolute atomic E-state index is 0.0976. The van der Waals surface area contributed by atoms with E-state index in [-0.39, 0.29) is 20.5 Å². The van der Waals surface area contributed by atoms with Crippen LogP contribution in [0, 0.1) is 0 Å². The van der Waals surface area contributed by atoms with Crippen LogP contribution in [0.1, 0.15) is 5.56 Å². The molecule has 0 fully saturated rings. The van der Waals surface area contributed by atoms with Crippen molar-refractivity contribution in [3.8, 4) is 0 Å².